The number of aromatic amines is 1. The van der Waals surface area contributed by atoms with E-state index in [2.05, 4.69) is 80.4 Å². The molecule has 6 rings (SSSR count). The van der Waals surface area contributed by atoms with E-state index in [0.717, 1.165) is 92.4 Å². The Bertz CT molecular complexity index is 1620. The highest BCUT2D eigenvalue weighted by atomic mass is 16.2. The summed E-state index contributed by atoms with van der Waals surface area (Å²) in [5.41, 5.74) is 7.37. The van der Waals surface area contributed by atoms with Gasteiger partial charge in [0.15, 0.2) is 5.82 Å². The number of nitrogens with one attached hydrogen (secondary N) is 2. The van der Waals surface area contributed by atoms with Crippen molar-refractivity contribution in [3.8, 4) is 6.07 Å². The second-order valence-electron chi connectivity index (χ2n) is 14.0. The lowest BCUT2D eigenvalue weighted by atomic mass is 9.64. The quantitative estimate of drug-likeness (QED) is 0.331. The van der Waals surface area contributed by atoms with E-state index in [9.17, 15) is 10.1 Å². The average Bonchev–Trinajstić information content (AvgIpc) is 3.86. The van der Waals surface area contributed by atoms with E-state index in [1.165, 1.54) is 11.1 Å². The Hall–Kier alpha value is -4.49. The first kappa shape index (κ1) is 32.5. The molecule has 0 spiro atoms. The van der Waals surface area contributed by atoms with Gasteiger partial charge in [0.25, 0.3) is 5.91 Å². The van der Waals surface area contributed by atoms with Crippen molar-refractivity contribution in [1.29, 1.82) is 5.26 Å². The summed E-state index contributed by atoms with van der Waals surface area (Å²) in [6.07, 6.45) is 8.45. The van der Waals surface area contributed by atoms with Crippen LogP contribution in [0.1, 0.15) is 88.9 Å². The van der Waals surface area contributed by atoms with Crippen molar-refractivity contribution < 1.29 is 4.79 Å². The Balaban J connectivity index is 1.51. The summed E-state index contributed by atoms with van der Waals surface area (Å²) in [4.78, 5) is 19.0. The number of aryl methyl sites for hydroxylation is 2. The highest BCUT2D eigenvalue weighted by Gasteiger charge is 2.50. The summed E-state index contributed by atoms with van der Waals surface area (Å²) in [5, 5.41) is 29.9. The maximum absolute atomic E-state index is 13.2. The molecule has 2 atom stereocenters. The number of rotatable bonds is 10. The Kier molecular flexibility index (Phi) is 8.95. The lowest BCUT2D eigenvalue weighted by Crippen LogP contribution is -2.51. The fourth-order valence-electron chi connectivity index (χ4n) is 8.19. The molecule has 2 N–H and O–H groups in total. The zero-order valence-electron chi connectivity index (χ0n) is 28.3. The number of nitriles is 1. The van der Waals surface area contributed by atoms with Crippen molar-refractivity contribution in [3.05, 3.63) is 94.5 Å². The minimum Gasteiger partial charge on any atom is -0.378 e. The molecule has 1 saturated carbocycles. The lowest BCUT2D eigenvalue weighted by Gasteiger charge is -2.43. The van der Waals surface area contributed by atoms with Crippen molar-refractivity contribution in [2.75, 3.05) is 41.3 Å². The van der Waals surface area contributed by atoms with Crippen LogP contribution in [0.5, 0.6) is 0 Å². The monoisotopic (exact) mass is 633 g/mol. The van der Waals surface area contributed by atoms with Crippen molar-refractivity contribution in [1.82, 2.24) is 40.6 Å². The molecule has 1 aromatic heterocycles. The van der Waals surface area contributed by atoms with Gasteiger partial charge in [0, 0.05) is 63.8 Å². The van der Waals surface area contributed by atoms with E-state index in [0.29, 0.717) is 17.9 Å². The number of tetrazole rings is 1. The molecule has 47 heavy (non-hydrogen) atoms. The van der Waals surface area contributed by atoms with Crippen LogP contribution in [0.15, 0.2) is 55.3 Å². The molecule has 2 aromatic carbocycles. The fourth-order valence-corrected chi connectivity index (χ4v) is 8.19. The highest BCUT2D eigenvalue weighted by molar-refractivity contribution is 5.94. The first-order chi connectivity index (χ1) is 22.6. The number of carbonyl (C=O) groups excluding carboxylic acids is 1. The van der Waals surface area contributed by atoms with Crippen molar-refractivity contribution >= 4 is 11.6 Å². The van der Waals surface area contributed by atoms with E-state index in [1.807, 2.05) is 25.1 Å². The lowest BCUT2D eigenvalue weighted by molar-refractivity contribution is 0.0827. The molecule has 1 amide bonds. The largest absolute Gasteiger partial charge is 0.378 e. The summed E-state index contributed by atoms with van der Waals surface area (Å²) >= 11 is 0. The van der Waals surface area contributed by atoms with Gasteiger partial charge in [-0.1, -0.05) is 44.2 Å². The first-order valence-corrected chi connectivity index (χ1v) is 16.8. The summed E-state index contributed by atoms with van der Waals surface area (Å²) in [5.74, 6) is 0.680. The van der Waals surface area contributed by atoms with Gasteiger partial charge in [-0.25, -0.2) is 5.10 Å². The van der Waals surface area contributed by atoms with Gasteiger partial charge in [0.05, 0.1) is 11.5 Å². The van der Waals surface area contributed by atoms with Crippen molar-refractivity contribution in [2.24, 2.45) is 0 Å². The zero-order chi connectivity index (χ0) is 33.3. The molecule has 10 heteroatoms. The van der Waals surface area contributed by atoms with Crippen LogP contribution in [-0.2, 0) is 18.3 Å². The molecule has 2 fully saturated rings. The number of likely N-dealkylation sites (tertiary alicyclic amines) is 1. The molecule has 0 radical (unpaired) electrons. The number of hydrogen-bond donors (Lipinski definition) is 2. The Morgan fingerprint density at radius 3 is 2.28 bits per heavy atom. The zero-order valence-corrected chi connectivity index (χ0v) is 28.3. The second kappa shape index (κ2) is 13.0. The maximum Gasteiger partial charge on any atom is 0.253 e. The van der Waals surface area contributed by atoms with Gasteiger partial charge in [0.2, 0.25) is 0 Å². The number of benzene rings is 2. The third-order valence-corrected chi connectivity index (χ3v) is 10.7. The number of hydrogen-bond acceptors (Lipinski definition) is 8. The number of amides is 1. The Morgan fingerprint density at radius 2 is 1.68 bits per heavy atom. The van der Waals surface area contributed by atoms with Gasteiger partial charge in [-0.3, -0.25) is 4.79 Å². The number of nitrogens with zero attached hydrogens (tertiary/aromatic N) is 7. The standard InChI is InChI=1S/C37H47N9O/c1-25(46-19-9-10-31(46)22-38)23-39-36(17-7-8-18-36)24-37(35-40-42-43-41-35)32-15-13-27(26(2)44(3)4)20-28(32)11-12-29-21-30(14-16-33(29)37)34(47)45(5)6/h13-16,20-21,31,39H,1-2,7-12,17-19,23-24H2,3-6H3,(H,40,41,42,43). The van der Waals surface area contributed by atoms with Gasteiger partial charge >= 0.3 is 0 Å². The van der Waals surface area contributed by atoms with Crippen LogP contribution >= 0.6 is 0 Å². The normalized spacial score (nSPS) is 21.3. The molecular weight excluding hydrogens is 586 g/mol. The van der Waals surface area contributed by atoms with Crippen LogP contribution < -0.4 is 5.32 Å². The van der Waals surface area contributed by atoms with Gasteiger partial charge in [-0.15, -0.1) is 5.10 Å². The van der Waals surface area contributed by atoms with Crippen molar-refractivity contribution in [3.63, 3.8) is 0 Å². The molecule has 2 heterocycles. The maximum atomic E-state index is 13.2. The molecule has 3 aromatic rings. The summed E-state index contributed by atoms with van der Waals surface area (Å²) < 4.78 is 0. The van der Waals surface area contributed by atoms with Gasteiger partial charge in [-0.2, -0.15) is 5.26 Å². The second-order valence-corrected chi connectivity index (χ2v) is 14.0. The topological polar surface area (TPSA) is 117 Å². The molecule has 3 aliphatic rings. The third-order valence-electron chi connectivity index (χ3n) is 10.7. The molecular formula is C37H47N9O. The predicted molar refractivity (Wildman–Crippen MR) is 183 cm³/mol. The van der Waals surface area contributed by atoms with Crippen molar-refractivity contribution in [2.45, 2.75) is 74.8 Å². The van der Waals surface area contributed by atoms with E-state index in [1.54, 1.807) is 19.0 Å². The number of carbonyl (C=O) groups is 1. The van der Waals surface area contributed by atoms with E-state index in [4.69, 9.17) is 0 Å². The average molecular weight is 634 g/mol. The fraction of sp³-hybridized carbons (Fsp3) is 0.486. The molecule has 1 saturated heterocycles. The smallest absolute Gasteiger partial charge is 0.253 e. The molecule has 2 unspecified atom stereocenters. The van der Waals surface area contributed by atoms with E-state index < -0.39 is 5.41 Å². The SMILES string of the molecule is C=C(c1ccc2c(c1)CCc1cc(C(=O)N(C)C)ccc1C2(CC1(NCC(=C)N2CCCC2C#N)CCCC1)c1nnn[nH]1)N(C)C. The van der Waals surface area contributed by atoms with Gasteiger partial charge < -0.3 is 20.0 Å². The summed E-state index contributed by atoms with van der Waals surface area (Å²) in [7, 11) is 7.61. The predicted octanol–water partition coefficient (Wildman–Crippen LogP) is 4.66. The molecule has 246 valence electrons. The van der Waals surface area contributed by atoms with Crippen LogP contribution in [0, 0.1) is 11.3 Å². The summed E-state index contributed by atoms with van der Waals surface area (Å²) in [6, 6.07) is 15.2. The first-order valence-electron chi connectivity index (χ1n) is 16.8. The molecule has 0 bridgehead atoms. The van der Waals surface area contributed by atoms with Crippen LogP contribution in [0.25, 0.3) is 5.70 Å². The van der Waals surface area contributed by atoms with E-state index in [-0.39, 0.29) is 17.5 Å². The van der Waals surface area contributed by atoms with E-state index >= 15 is 0 Å². The number of H-pyrrole nitrogens is 1. The minimum absolute atomic E-state index is 0.0175. The van der Waals surface area contributed by atoms with Crippen LogP contribution in [0.4, 0.5) is 0 Å². The third kappa shape index (κ3) is 5.93. The number of aromatic nitrogens is 4. The van der Waals surface area contributed by atoms with Crippen LogP contribution in [0.3, 0.4) is 0 Å². The molecule has 10 nitrogen and oxygen atoms in total. The highest BCUT2D eigenvalue weighted by Crippen LogP contribution is 2.51. The van der Waals surface area contributed by atoms with Crippen LogP contribution in [0.2, 0.25) is 0 Å². The summed E-state index contributed by atoms with van der Waals surface area (Å²) in [6.45, 7) is 10.3. The van der Waals surface area contributed by atoms with Crippen LogP contribution in [-0.4, -0.2) is 94.1 Å². The molecule has 2 aliphatic carbocycles. The number of fused-ring (bicyclic) bond motifs is 2. The Labute approximate surface area is 278 Å². The minimum atomic E-state index is -0.718. The molecule has 1 aliphatic heterocycles. The van der Waals surface area contributed by atoms with Gasteiger partial charge in [-0.05, 0) is 101 Å². The van der Waals surface area contributed by atoms with Gasteiger partial charge in [0.1, 0.15) is 6.04 Å². The Morgan fingerprint density at radius 1 is 1.02 bits per heavy atom.